The number of Topliss-reactive ketones (excluding diaryl/α,β-unsaturated/α-hetero) is 1. The largest absolute Gasteiger partial charge is 0.292 e. The number of carbonyl (C=O) groups excluding carboxylic acids is 1. The highest BCUT2D eigenvalue weighted by atomic mass is 16.1. The van der Waals surface area contributed by atoms with Crippen molar-refractivity contribution in [2.75, 3.05) is 0 Å². The van der Waals surface area contributed by atoms with Crippen LogP contribution in [0.5, 0.6) is 0 Å². The molecule has 0 saturated heterocycles. The zero-order valence-corrected chi connectivity index (χ0v) is 12.5. The van der Waals surface area contributed by atoms with Crippen molar-refractivity contribution in [2.24, 2.45) is 11.8 Å². The molecule has 1 aliphatic rings. The van der Waals surface area contributed by atoms with Gasteiger partial charge in [-0.05, 0) is 37.0 Å². The van der Waals surface area contributed by atoms with Crippen LogP contribution in [-0.2, 0) is 0 Å². The van der Waals surface area contributed by atoms with E-state index in [0.29, 0.717) is 11.6 Å². The molecule has 0 spiro atoms. The van der Waals surface area contributed by atoms with Crippen LogP contribution in [0.4, 0.5) is 0 Å². The first-order valence-electron chi connectivity index (χ1n) is 7.93. The van der Waals surface area contributed by atoms with E-state index in [4.69, 9.17) is 0 Å². The molecule has 2 unspecified atom stereocenters. The first kappa shape index (κ1) is 14.1. The van der Waals surface area contributed by atoms with Gasteiger partial charge in [-0.2, -0.15) is 5.10 Å². The summed E-state index contributed by atoms with van der Waals surface area (Å²) in [5, 5.41) is 4.47. The number of hydrogen-bond acceptors (Lipinski definition) is 2. The number of para-hydroxylation sites is 1. The molecule has 1 aromatic carbocycles. The zero-order chi connectivity index (χ0) is 14.7. The number of hydrogen-bond donors (Lipinski definition) is 0. The van der Waals surface area contributed by atoms with Gasteiger partial charge < -0.3 is 0 Å². The summed E-state index contributed by atoms with van der Waals surface area (Å²) in [4.78, 5) is 12.6. The molecule has 1 aliphatic carbocycles. The van der Waals surface area contributed by atoms with Gasteiger partial charge >= 0.3 is 0 Å². The smallest absolute Gasteiger partial charge is 0.186 e. The maximum atomic E-state index is 12.6. The molecule has 3 heteroatoms. The Balaban J connectivity index is 1.75. The van der Waals surface area contributed by atoms with E-state index in [1.54, 1.807) is 4.68 Å². The third-order valence-electron chi connectivity index (χ3n) is 4.59. The maximum Gasteiger partial charge on any atom is 0.186 e. The molecule has 21 heavy (non-hydrogen) atoms. The van der Waals surface area contributed by atoms with E-state index in [1.165, 1.54) is 19.3 Å². The fourth-order valence-corrected chi connectivity index (χ4v) is 3.29. The Morgan fingerprint density at radius 2 is 2.05 bits per heavy atom. The van der Waals surface area contributed by atoms with Crippen LogP contribution in [0, 0.1) is 11.8 Å². The Kier molecular flexibility index (Phi) is 4.18. The molecule has 2 atom stereocenters. The summed E-state index contributed by atoms with van der Waals surface area (Å²) < 4.78 is 1.79. The molecule has 0 radical (unpaired) electrons. The lowest BCUT2D eigenvalue weighted by atomic mass is 9.78. The summed E-state index contributed by atoms with van der Waals surface area (Å²) in [6, 6.07) is 11.8. The minimum absolute atomic E-state index is 0.169. The van der Waals surface area contributed by atoms with Crippen molar-refractivity contribution in [1.82, 2.24) is 9.78 Å². The van der Waals surface area contributed by atoms with E-state index in [-0.39, 0.29) is 11.7 Å². The molecule has 0 aliphatic heterocycles. The number of carbonyl (C=O) groups is 1. The summed E-state index contributed by atoms with van der Waals surface area (Å²) in [5.41, 5.74) is 1.60. The van der Waals surface area contributed by atoms with Crippen LogP contribution in [0.3, 0.4) is 0 Å². The molecule has 0 bridgehead atoms. The molecule has 1 fully saturated rings. The van der Waals surface area contributed by atoms with Gasteiger partial charge in [0.15, 0.2) is 5.78 Å². The summed E-state index contributed by atoms with van der Waals surface area (Å²) in [5.74, 6) is 1.11. The molecule has 1 saturated carbocycles. The number of nitrogens with zero attached hydrogens (tertiary/aromatic N) is 2. The van der Waals surface area contributed by atoms with Crippen molar-refractivity contribution in [3.05, 3.63) is 48.3 Å². The molecule has 1 aromatic heterocycles. The molecule has 110 valence electrons. The van der Waals surface area contributed by atoms with Gasteiger partial charge in [-0.3, -0.25) is 4.79 Å². The molecule has 3 nitrogen and oxygen atoms in total. The van der Waals surface area contributed by atoms with E-state index in [9.17, 15) is 4.79 Å². The van der Waals surface area contributed by atoms with E-state index < -0.39 is 0 Å². The van der Waals surface area contributed by atoms with Gasteiger partial charge in [0, 0.05) is 12.1 Å². The van der Waals surface area contributed by atoms with Crippen molar-refractivity contribution in [3.63, 3.8) is 0 Å². The van der Waals surface area contributed by atoms with Gasteiger partial charge in [0.1, 0.15) is 5.69 Å². The van der Waals surface area contributed by atoms with Crippen molar-refractivity contribution in [1.29, 1.82) is 0 Å². The lowest BCUT2D eigenvalue weighted by Gasteiger charge is -2.26. The van der Waals surface area contributed by atoms with Crippen LogP contribution in [0.1, 0.15) is 49.5 Å². The van der Waals surface area contributed by atoms with Crippen molar-refractivity contribution >= 4 is 5.78 Å². The second-order valence-electron chi connectivity index (χ2n) is 5.98. The summed E-state index contributed by atoms with van der Waals surface area (Å²) in [6.07, 6.45) is 7.57. The van der Waals surface area contributed by atoms with Gasteiger partial charge in [-0.15, -0.1) is 0 Å². The van der Waals surface area contributed by atoms with E-state index in [1.807, 2.05) is 42.6 Å². The Hall–Kier alpha value is -1.90. The Bertz CT molecular complexity index is 603. The second-order valence-corrected chi connectivity index (χ2v) is 5.98. The predicted molar refractivity (Wildman–Crippen MR) is 83.6 cm³/mol. The van der Waals surface area contributed by atoms with Crippen LogP contribution in [-0.4, -0.2) is 15.6 Å². The highest BCUT2D eigenvalue weighted by Crippen LogP contribution is 2.32. The fourth-order valence-electron chi connectivity index (χ4n) is 3.29. The molecule has 2 aromatic rings. The van der Waals surface area contributed by atoms with E-state index in [2.05, 4.69) is 12.0 Å². The van der Waals surface area contributed by atoms with Gasteiger partial charge in [-0.1, -0.05) is 44.4 Å². The SMILES string of the molecule is CCC1CCCC(C(=O)c2ccn(-c3ccccc3)n2)C1. The van der Waals surface area contributed by atoms with E-state index in [0.717, 1.165) is 18.5 Å². The van der Waals surface area contributed by atoms with Gasteiger partial charge in [0.05, 0.1) is 5.69 Å². The standard InChI is InChI=1S/C18H22N2O/c1-2-14-7-6-8-15(13-14)18(21)17-11-12-20(19-17)16-9-4-3-5-10-16/h3-5,9-12,14-15H,2,6-8,13H2,1H3. The Morgan fingerprint density at radius 1 is 1.24 bits per heavy atom. The number of benzene rings is 1. The summed E-state index contributed by atoms with van der Waals surface area (Å²) in [7, 11) is 0. The highest BCUT2D eigenvalue weighted by molar-refractivity contribution is 5.96. The second kappa shape index (κ2) is 6.25. The van der Waals surface area contributed by atoms with Gasteiger partial charge in [0.25, 0.3) is 0 Å². The lowest BCUT2D eigenvalue weighted by molar-refractivity contribution is 0.0856. The van der Waals surface area contributed by atoms with Crippen LogP contribution in [0.25, 0.3) is 5.69 Å². The van der Waals surface area contributed by atoms with Crippen molar-refractivity contribution in [2.45, 2.75) is 39.0 Å². The monoisotopic (exact) mass is 282 g/mol. The van der Waals surface area contributed by atoms with Gasteiger partial charge in [0.2, 0.25) is 0 Å². The first-order chi connectivity index (χ1) is 10.3. The highest BCUT2D eigenvalue weighted by Gasteiger charge is 2.28. The predicted octanol–water partition coefficient (Wildman–Crippen LogP) is 4.27. The zero-order valence-electron chi connectivity index (χ0n) is 12.5. The number of ketones is 1. The molecule has 1 heterocycles. The topological polar surface area (TPSA) is 34.9 Å². The Labute approximate surface area is 126 Å². The molecule has 3 rings (SSSR count). The quantitative estimate of drug-likeness (QED) is 0.785. The Morgan fingerprint density at radius 3 is 2.81 bits per heavy atom. The summed E-state index contributed by atoms with van der Waals surface area (Å²) in [6.45, 7) is 2.22. The molecular formula is C18H22N2O. The summed E-state index contributed by atoms with van der Waals surface area (Å²) >= 11 is 0. The average Bonchev–Trinajstić information content (AvgIpc) is 3.05. The van der Waals surface area contributed by atoms with Crippen molar-refractivity contribution < 1.29 is 4.79 Å². The minimum Gasteiger partial charge on any atom is -0.292 e. The first-order valence-corrected chi connectivity index (χ1v) is 7.93. The molecule has 0 amide bonds. The number of rotatable bonds is 4. The van der Waals surface area contributed by atoms with Crippen molar-refractivity contribution in [3.8, 4) is 5.69 Å². The number of aromatic nitrogens is 2. The maximum absolute atomic E-state index is 12.6. The molecule has 0 N–H and O–H groups in total. The van der Waals surface area contributed by atoms with Crippen LogP contribution < -0.4 is 0 Å². The van der Waals surface area contributed by atoms with E-state index >= 15 is 0 Å². The van der Waals surface area contributed by atoms with Crippen LogP contribution in [0.15, 0.2) is 42.6 Å². The third kappa shape index (κ3) is 3.07. The van der Waals surface area contributed by atoms with Crippen LogP contribution in [0.2, 0.25) is 0 Å². The molecular weight excluding hydrogens is 260 g/mol. The van der Waals surface area contributed by atoms with Crippen LogP contribution >= 0.6 is 0 Å². The minimum atomic E-state index is 0.169. The normalized spacial score (nSPS) is 22.1. The van der Waals surface area contributed by atoms with Gasteiger partial charge in [-0.25, -0.2) is 4.68 Å². The fraction of sp³-hybridized carbons (Fsp3) is 0.444. The average molecular weight is 282 g/mol. The third-order valence-corrected chi connectivity index (χ3v) is 4.59. The lowest BCUT2D eigenvalue weighted by Crippen LogP contribution is -2.23.